The highest BCUT2D eigenvalue weighted by Gasteiger charge is 2.15. The van der Waals surface area contributed by atoms with E-state index in [-0.39, 0.29) is 5.91 Å². The Hall–Kier alpha value is -2.59. The van der Waals surface area contributed by atoms with Crippen LogP contribution in [0.3, 0.4) is 0 Å². The van der Waals surface area contributed by atoms with Crippen LogP contribution in [0.25, 0.3) is 10.9 Å². The molecule has 0 saturated heterocycles. The SMILES string of the molecule is COc1ccccc1CN(Cc1cc2cc(C)ccc2nc1Cl)C(C)=O. The van der Waals surface area contributed by atoms with Crippen molar-refractivity contribution in [3.05, 3.63) is 70.4 Å². The number of carbonyl (C=O) groups is 1. The van der Waals surface area contributed by atoms with Crippen LogP contribution in [0.4, 0.5) is 0 Å². The molecular weight excluding hydrogens is 348 g/mol. The van der Waals surface area contributed by atoms with Crippen LogP contribution in [0.1, 0.15) is 23.6 Å². The predicted molar refractivity (Wildman–Crippen MR) is 104 cm³/mol. The second-order valence-electron chi connectivity index (χ2n) is 6.32. The Kier molecular flexibility index (Phi) is 5.43. The number of fused-ring (bicyclic) bond motifs is 1. The van der Waals surface area contributed by atoms with Gasteiger partial charge in [-0.1, -0.05) is 41.4 Å². The second kappa shape index (κ2) is 7.75. The Morgan fingerprint density at radius 3 is 2.58 bits per heavy atom. The Bertz CT molecular complexity index is 956. The van der Waals surface area contributed by atoms with Crippen molar-refractivity contribution in [2.75, 3.05) is 7.11 Å². The number of nitrogens with zero attached hydrogens (tertiary/aromatic N) is 2. The van der Waals surface area contributed by atoms with Crippen molar-refractivity contribution in [1.82, 2.24) is 9.88 Å². The molecule has 4 nitrogen and oxygen atoms in total. The van der Waals surface area contributed by atoms with Crippen LogP contribution >= 0.6 is 11.6 Å². The van der Waals surface area contributed by atoms with E-state index in [4.69, 9.17) is 16.3 Å². The summed E-state index contributed by atoms with van der Waals surface area (Å²) in [5.41, 5.74) is 3.79. The first-order valence-corrected chi connectivity index (χ1v) is 8.79. The van der Waals surface area contributed by atoms with Gasteiger partial charge in [0.15, 0.2) is 0 Å². The smallest absolute Gasteiger partial charge is 0.220 e. The summed E-state index contributed by atoms with van der Waals surface area (Å²) in [5.74, 6) is 0.730. The highest BCUT2D eigenvalue weighted by Crippen LogP contribution is 2.25. The third-order valence-electron chi connectivity index (χ3n) is 4.36. The number of aryl methyl sites for hydroxylation is 1. The zero-order valence-electron chi connectivity index (χ0n) is 15.1. The molecule has 134 valence electrons. The van der Waals surface area contributed by atoms with E-state index < -0.39 is 0 Å². The maximum absolute atomic E-state index is 12.2. The molecule has 0 fully saturated rings. The van der Waals surface area contributed by atoms with E-state index in [2.05, 4.69) is 11.1 Å². The molecule has 26 heavy (non-hydrogen) atoms. The van der Waals surface area contributed by atoms with Crippen LogP contribution in [-0.4, -0.2) is 22.9 Å². The van der Waals surface area contributed by atoms with Crippen LogP contribution in [0, 0.1) is 6.92 Å². The minimum atomic E-state index is -0.0312. The van der Waals surface area contributed by atoms with Gasteiger partial charge in [-0.05, 0) is 31.2 Å². The monoisotopic (exact) mass is 368 g/mol. The molecule has 0 radical (unpaired) electrons. The minimum absolute atomic E-state index is 0.0312. The van der Waals surface area contributed by atoms with Crippen molar-refractivity contribution < 1.29 is 9.53 Å². The summed E-state index contributed by atoms with van der Waals surface area (Å²) < 4.78 is 5.39. The molecule has 0 saturated carbocycles. The Labute approximate surface area is 158 Å². The molecule has 0 aliphatic carbocycles. The van der Waals surface area contributed by atoms with Gasteiger partial charge in [0.1, 0.15) is 10.9 Å². The molecule has 0 aliphatic heterocycles. The molecule has 0 bridgehead atoms. The average molecular weight is 369 g/mol. The molecule has 0 aliphatic rings. The van der Waals surface area contributed by atoms with Crippen molar-refractivity contribution in [2.45, 2.75) is 26.9 Å². The number of halogens is 1. The van der Waals surface area contributed by atoms with Crippen molar-refractivity contribution in [3.63, 3.8) is 0 Å². The minimum Gasteiger partial charge on any atom is -0.496 e. The van der Waals surface area contributed by atoms with Crippen molar-refractivity contribution in [2.24, 2.45) is 0 Å². The van der Waals surface area contributed by atoms with Gasteiger partial charge in [0.25, 0.3) is 0 Å². The third-order valence-corrected chi connectivity index (χ3v) is 4.68. The standard InChI is InChI=1S/C21H21ClN2O2/c1-14-8-9-19-17(10-14)11-18(21(22)23-19)13-24(15(2)25)12-16-6-4-5-7-20(16)26-3/h4-11H,12-13H2,1-3H3. The first kappa shape index (κ1) is 18.2. The Balaban J connectivity index is 1.92. The van der Waals surface area contributed by atoms with Crippen LogP contribution in [0.2, 0.25) is 5.15 Å². The first-order chi connectivity index (χ1) is 12.5. The Morgan fingerprint density at radius 2 is 1.85 bits per heavy atom. The molecule has 0 spiro atoms. The molecule has 0 N–H and O–H groups in total. The number of ether oxygens (including phenoxy) is 1. The zero-order chi connectivity index (χ0) is 18.7. The fourth-order valence-corrected chi connectivity index (χ4v) is 3.16. The number of methoxy groups -OCH3 is 1. The quantitative estimate of drug-likeness (QED) is 0.610. The number of aromatic nitrogens is 1. The van der Waals surface area contributed by atoms with Gasteiger partial charge >= 0.3 is 0 Å². The molecular formula is C21H21ClN2O2. The average Bonchev–Trinajstić information content (AvgIpc) is 2.62. The van der Waals surface area contributed by atoms with Gasteiger partial charge < -0.3 is 9.64 Å². The number of benzene rings is 2. The van der Waals surface area contributed by atoms with E-state index in [1.54, 1.807) is 18.9 Å². The molecule has 5 heteroatoms. The number of amides is 1. The molecule has 0 unspecified atom stereocenters. The number of hydrogen-bond donors (Lipinski definition) is 0. The second-order valence-corrected chi connectivity index (χ2v) is 6.68. The van der Waals surface area contributed by atoms with Crippen LogP contribution < -0.4 is 4.74 Å². The van der Waals surface area contributed by atoms with Gasteiger partial charge in [-0.2, -0.15) is 0 Å². The van der Waals surface area contributed by atoms with Crippen LogP contribution in [0.15, 0.2) is 48.5 Å². The van der Waals surface area contributed by atoms with E-state index in [9.17, 15) is 4.79 Å². The summed E-state index contributed by atoms with van der Waals surface area (Å²) in [7, 11) is 1.63. The van der Waals surface area contributed by atoms with Crippen molar-refractivity contribution >= 4 is 28.4 Å². The molecule has 1 aromatic heterocycles. The fraction of sp³-hybridized carbons (Fsp3) is 0.238. The van der Waals surface area contributed by atoms with Gasteiger partial charge in [0.05, 0.1) is 12.6 Å². The van der Waals surface area contributed by atoms with Gasteiger partial charge in [-0.15, -0.1) is 0 Å². The van der Waals surface area contributed by atoms with Crippen LogP contribution in [-0.2, 0) is 17.9 Å². The number of hydrogen-bond acceptors (Lipinski definition) is 3. The molecule has 3 aromatic rings. The lowest BCUT2D eigenvalue weighted by Gasteiger charge is -2.23. The molecule has 3 rings (SSSR count). The highest BCUT2D eigenvalue weighted by molar-refractivity contribution is 6.30. The molecule has 1 amide bonds. The summed E-state index contributed by atoms with van der Waals surface area (Å²) in [6.45, 7) is 4.43. The fourth-order valence-electron chi connectivity index (χ4n) is 2.95. The van der Waals surface area contributed by atoms with Crippen molar-refractivity contribution in [1.29, 1.82) is 0 Å². The summed E-state index contributed by atoms with van der Waals surface area (Å²) in [6.07, 6.45) is 0. The number of carbonyl (C=O) groups excluding carboxylic acids is 1. The maximum Gasteiger partial charge on any atom is 0.220 e. The molecule has 2 aromatic carbocycles. The third kappa shape index (κ3) is 3.97. The predicted octanol–water partition coefficient (Wildman–Crippen LogP) is 4.75. The summed E-state index contributed by atoms with van der Waals surface area (Å²) in [5, 5.41) is 1.44. The normalized spacial score (nSPS) is 10.8. The van der Waals surface area contributed by atoms with Crippen LogP contribution in [0.5, 0.6) is 5.75 Å². The van der Waals surface area contributed by atoms with E-state index in [0.29, 0.717) is 18.2 Å². The topological polar surface area (TPSA) is 42.4 Å². The van der Waals surface area contributed by atoms with Gasteiger partial charge in [0, 0.05) is 36.5 Å². The van der Waals surface area contributed by atoms with Gasteiger partial charge in [-0.25, -0.2) is 4.98 Å². The zero-order valence-corrected chi connectivity index (χ0v) is 15.9. The molecule has 1 heterocycles. The van der Waals surface area contributed by atoms with Gasteiger partial charge in [-0.3, -0.25) is 4.79 Å². The van der Waals surface area contributed by atoms with E-state index in [0.717, 1.165) is 33.3 Å². The summed E-state index contributed by atoms with van der Waals surface area (Å²) >= 11 is 6.38. The van der Waals surface area contributed by atoms with E-state index in [1.807, 2.05) is 49.4 Å². The maximum atomic E-state index is 12.2. The molecule has 0 atom stereocenters. The van der Waals surface area contributed by atoms with Crippen molar-refractivity contribution in [3.8, 4) is 5.75 Å². The summed E-state index contributed by atoms with van der Waals surface area (Å²) in [6, 6.07) is 15.7. The van der Waals surface area contributed by atoms with E-state index in [1.165, 1.54) is 0 Å². The highest BCUT2D eigenvalue weighted by atomic mass is 35.5. The lowest BCUT2D eigenvalue weighted by Crippen LogP contribution is -2.28. The first-order valence-electron chi connectivity index (χ1n) is 8.41. The lowest BCUT2D eigenvalue weighted by atomic mass is 10.1. The number of rotatable bonds is 5. The number of pyridine rings is 1. The van der Waals surface area contributed by atoms with Gasteiger partial charge in [0.2, 0.25) is 5.91 Å². The van der Waals surface area contributed by atoms with E-state index >= 15 is 0 Å². The largest absolute Gasteiger partial charge is 0.496 e. The Morgan fingerprint density at radius 1 is 1.12 bits per heavy atom. The number of para-hydroxylation sites is 1. The lowest BCUT2D eigenvalue weighted by molar-refractivity contribution is -0.130. The summed E-state index contributed by atoms with van der Waals surface area (Å²) in [4.78, 5) is 18.4.